The van der Waals surface area contributed by atoms with E-state index in [0.717, 1.165) is 101 Å². The van der Waals surface area contributed by atoms with E-state index in [0.29, 0.717) is 17.6 Å². The molecule has 0 aliphatic carbocycles. The molecule has 0 aliphatic heterocycles. The molecule has 1 atom stereocenters. The van der Waals surface area contributed by atoms with E-state index < -0.39 is 0 Å². The maximum Gasteiger partial charge on any atom is 0.238 e. The van der Waals surface area contributed by atoms with Crippen molar-refractivity contribution in [1.29, 1.82) is 0 Å². The molecule has 15 aromatic rings. The number of anilines is 3. The topological polar surface area (TPSA) is 51.8 Å². The van der Waals surface area contributed by atoms with Gasteiger partial charge in [0.05, 0.1) is 22.1 Å². The molecule has 0 amide bonds. The lowest BCUT2D eigenvalue weighted by Crippen LogP contribution is -2.09. The van der Waals surface area contributed by atoms with E-state index in [4.69, 9.17) is 15.0 Å². The highest BCUT2D eigenvalue weighted by atomic mass is 32.1. The Morgan fingerprint density at radius 2 is 0.872 bits per heavy atom. The van der Waals surface area contributed by atoms with Gasteiger partial charge in [0, 0.05) is 75.6 Å². The van der Waals surface area contributed by atoms with Crippen molar-refractivity contribution in [2.75, 3.05) is 4.90 Å². The van der Waals surface area contributed by atoms with Crippen molar-refractivity contribution in [2.24, 2.45) is 11.8 Å². The standard InChI is InChI=1S/C79H64N6S/c1-52(2)18-17-19-53(3)30-31-54-32-34-55(35-33-54)56-36-41-62(42-37-56)83(64-45-46-67-66-27-14-16-29-75(66)86-76(67)49-64)63-43-38-57(39-44-63)60-40-47-72-68(48-60)70-51-73-69(65-26-13-15-28-71(65)84(73)61-24-11-6-12-25-61)50-74(70)85(72)79-81-77(58-20-7-4-8-21-58)80-78(82-79)59-22-9-5-10-23-59/h4-16,20-29,32-53H,17-19,30-31H2,1-3H3. The first-order valence-corrected chi connectivity index (χ1v) is 31.1. The summed E-state index contributed by atoms with van der Waals surface area (Å²) in [5, 5.41) is 7.12. The van der Waals surface area contributed by atoms with E-state index in [-0.39, 0.29) is 0 Å². The van der Waals surface area contributed by atoms with E-state index in [1.165, 1.54) is 67.9 Å². The summed E-state index contributed by atoms with van der Waals surface area (Å²) in [4.78, 5) is 18.2. The summed E-state index contributed by atoms with van der Waals surface area (Å²) in [6.45, 7) is 7.08. The molecule has 7 heteroatoms. The molecule has 1 unspecified atom stereocenters. The zero-order valence-corrected chi connectivity index (χ0v) is 49.4. The van der Waals surface area contributed by atoms with Crippen molar-refractivity contribution in [1.82, 2.24) is 24.1 Å². The molecule has 416 valence electrons. The Kier molecular flexibility index (Phi) is 13.9. The minimum atomic E-state index is 0.559. The monoisotopic (exact) mass is 1130 g/mol. The Morgan fingerprint density at radius 1 is 0.360 bits per heavy atom. The van der Waals surface area contributed by atoms with E-state index in [1.54, 1.807) is 0 Å². The fourth-order valence-corrected chi connectivity index (χ4v) is 14.0. The van der Waals surface area contributed by atoms with Gasteiger partial charge in [-0.1, -0.05) is 216 Å². The van der Waals surface area contributed by atoms with Crippen molar-refractivity contribution in [3.8, 4) is 56.7 Å². The van der Waals surface area contributed by atoms with Crippen LogP contribution in [0.3, 0.4) is 0 Å². The van der Waals surface area contributed by atoms with Crippen LogP contribution in [-0.4, -0.2) is 24.1 Å². The minimum absolute atomic E-state index is 0.559. The van der Waals surface area contributed by atoms with Gasteiger partial charge in [-0.05, 0) is 137 Å². The number of fused-ring (bicyclic) bond motifs is 9. The van der Waals surface area contributed by atoms with Crippen LogP contribution in [0.4, 0.5) is 17.1 Å². The SMILES string of the molecule is CC(C)CCCC(C)CCc1ccc(-c2ccc(N(c3ccc(-c4ccc5c(c4)c4cc6c(cc4n5-c4nc(-c5ccccc5)nc(-c5ccccc5)n4)c4ccccc4n6-c4ccccc4)cc3)c3ccc4c(c3)sc3ccccc34)cc2)cc1. The third kappa shape index (κ3) is 9.97. The van der Waals surface area contributed by atoms with Gasteiger partial charge in [-0.2, -0.15) is 9.97 Å². The number of nitrogens with zero attached hydrogens (tertiary/aromatic N) is 6. The molecule has 0 saturated carbocycles. The van der Waals surface area contributed by atoms with Crippen LogP contribution in [-0.2, 0) is 6.42 Å². The molecular formula is C79H64N6S. The largest absolute Gasteiger partial charge is 0.310 e. The van der Waals surface area contributed by atoms with E-state index in [2.05, 4.69) is 259 Å². The summed E-state index contributed by atoms with van der Waals surface area (Å²) in [5.41, 5.74) is 16.7. The number of para-hydroxylation sites is 2. The maximum atomic E-state index is 5.33. The number of aryl methyl sites for hydroxylation is 1. The van der Waals surface area contributed by atoms with Crippen LogP contribution in [0.25, 0.3) is 120 Å². The van der Waals surface area contributed by atoms with Gasteiger partial charge in [0.25, 0.3) is 0 Å². The molecule has 0 radical (unpaired) electrons. The third-order valence-corrected chi connectivity index (χ3v) is 18.5. The number of hydrogen-bond donors (Lipinski definition) is 0. The molecule has 4 heterocycles. The predicted octanol–water partition coefficient (Wildman–Crippen LogP) is 22.0. The minimum Gasteiger partial charge on any atom is -0.310 e. The van der Waals surface area contributed by atoms with Gasteiger partial charge in [-0.25, -0.2) is 4.98 Å². The quantitative estimate of drug-likeness (QED) is 0.0967. The van der Waals surface area contributed by atoms with Crippen molar-refractivity contribution < 1.29 is 0 Å². The first-order chi connectivity index (χ1) is 42.3. The van der Waals surface area contributed by atoms with E-state index in [9.17, 15) is 0 Å². The Morgan fingerprint density at radius 3 is 1.53 bits per heavy atom. The molecule has 0 spiro atoms. The second-order valence-electron chi connectivity index (χ2n) is 23.5. The van der Waals surface area contributed by atoms with Crippen LogP contribution in [0.1, 0.15) is 52.0 Å². The second-order valence-corrected chi connectivity index (χ2v) is 24.6. The average Bonchev–Trinajstić information content (AvgIpc) is 1.61. The van der Waals surface area contributed by atoms with Crippen molar-refractivity contribution >= 4 is 92.2 Å². The lowest BCUT2D eigenvalue weighted by molar-refractivity contribution is 0.437. The van der Waals surface area contributed by atoms with Crippen LogP contribution in [0, 0.1) is 11.8 Å². The zero-order valence-electron chi connectivity index (χ0n) is 48.6. The van der Waals surface area contributed by atoms with Crippen LogP contribution >= 0.6 is 11.3 Å². The normalized spacial score (nSPS) is 12.2. The van der Waals surface area contributed by atoms with Gasteiger partial charge in [0.15, 0.2) is 11.6 Å². The summed E-state index contributed by atoms with van der Waals surface area (Å²) in [5.74, 6) is 3.32. The fourth-order valence-electron chi connectivity index (χ4n) is 12.8. The predicted molar refractivity (Wildman–Crippen MR) is 364 cm³/mol. The van der Waals surface area contributed by atoms with Gasteiger partial charge in [0.2, 0.25) is 5.95 Å². The smallest absolute Gasteiger partial charge is 0.238 e. The lowest BCUT2D eigenvalue weighted by atomic mass is 9.94. The number of aromatic nitrogens is 5. The molecule has 0 saturated heterocycles. The summed E-state index contributed by atoms with van der Waals surface area (Å²) < 4.78 is 7.21. The molecule has 0 bridgehead atoms. The van der Waals surface area contributed by atoms with E-state index in [1.807, 2.05) is 47.7 Å². The second kappa shape index (κ2) is 22.6. The highest BCUT2D eigenvalue weighted by Crippen LogP contribution is 2.44. The molecule has 11 aromatic carbocycles. The fraction of sp³-hybridized carbons (Fsp3) is 0.127. The summed E-state index contributed by atoms with van der Waals surface area (Å²) in [6.07, 6.45) is 6.32. The lowest BCUT2D eigenvalue weighted by Gasteiger charge is -2.26. The summed E-state index contributed by atoms with van der Waals surface area (Å²) >= 11 is 1.85. The first-order valence-electron chi connectivity index (χ1n) is 30.3. The van der Waals surface area contributed by atoms with Crippen LogP contribution in [0.2, 0.25) is 0 Å². The molecule has 86 heavy (non-hydrogen) atoms. The first kappa shape index (κ1) is 52.8. The van der Waals surface area contributed by atoms with Crippen LogP contribution in [0.5, 0.6) is 0 Å². The van der Waals surface area contributed by atoms with Crippen molar-refractivity contribution in [2.45, 2.75) is 52.9 Å². The Balaban J connectivity index is 0.837. The van der Waals surface area contributed by atoms with Gasteiger partial charge in [0.1, 0.15) is 0 Å². The highest BCUT2D eigenvalue weighted by Gasteiger charge is 2.23. The number of benzene rings is 11. The molecule has 0 fully saturated rings. The molecule has 4 aromatic heterocycles. The maximum absolute atomic E-state index is 5.33. The summed E-state index contributed by atoms with van der Waals surface area (Å²) in [6, 6.07) is 94.6. The Labute approximate surface area is 506 Å². The molecular weight excluding hydrogens is 1060 g/mol. The van der Waals surface area contributed by atoms with Crippen molar-refractivity contribution in [3.63, 3.8) is 0 Å². The van der Waals surface area contributed by atoms with Crippen molar-refractivity contribution in [3.05, 3.63) is 266 Å². The summed E-state index contributed by atoms with van der Waals surface area (Å²) in [7, 11) is 0. The molecule has 6 nitrogen and oxygen atoms in total. The zero-order chi connectivity index (χ0) is 57.7. The molecule has 15 rings (SSSR count). The third-order valence-electron chi connectivity index (χ3n) is 17.4. The van der Waals surface area contributed by atoms with Gasteiger partial charge in [-0.15, -0.1) is 11.3 Å². The highest BCUT2D eigenvalue weighted by molar-refractivity contribution is 7.25. The number of rotatable bonds is 16. The van der Waals surface area contributed by atoms with Gasteiger partial charge < -0.3 is 9.47 Å². The van der Waals surface area contributed by atoms with Gasteiger partial charge >= 0.3 is 0 Å². The Hall–Kier alpha value is -9.95. The van der Waals surface area contributed by atoms with Crippen LogP contribution < -0.4 is 4.90 Å². The number of hydrogen-bond acceptors (Lipinski definition) is 5. The van der Waals surface area contributed by atoms with Gasteiger partial charge in [-0.3, -0.25) is 4.57 Å². The molecule has 0 aliphatic rings. The average molecular weight is 1130 g/mol. The van der Waals surface area contributed by atoms with Crippen LogP contribution in [0.15, 0.2) is 261 Å². The van der Waals surface area contributed by atoms with E-state index >= 15 is 0 Å². The molecule has 0 N–H and O–H groups in total. The number of thiophene rings is 1. The Bertz CT molecular complexity index is 4870.